The van der Waals surface area contributed by atoms with Crippen LogP contribution in [0.25, 0.3) is 0 Å². The molecule has 0 bridgehead atoms. The third kappa shape index (κ3) is 2.88. The van der Waals surface area contributed by atoms with Crippen LogP contribution in [-0.4, -0.2) is 40.4 Å². The van der Waals surface area contributed by atoms with Crippen molar-refractivity contribution in [3.05, 3.63) is 18.2 Å². The summed E-state index contributed by atoms with van der Waals surface area (Å²) in [5.41, 5.74) is 1.15. The lowest BCUT2D eigenvalue weighted by molar-refractivity contribution is 0.355. The first kappa shape index (κ1) is 13.0. The quantitative estimate of drug-likeness (QED) is 0.865. The molecule has 1 aromatic rings. The standard InChI is InChI=1S/C14H22N2O2/c1-16(10-11-5-4-8-15-11)12-6-7-13(17-2)14(9-12)18-3/h6-7,9,11,15H,4-5,8,10H2,1-3H3. The van der Waals surface area contributed by atoms with Gasteiger partial charge in [0.05, 0.1) is 14.2 Å². The number of methoxy groups -OCH3 is 2. The Kier molecular flexibility index (Phi) is 4.31. The minimum Gasteiger partial charge on any atom is -0.493 e. The summed E-state index contributed by atoms with van der Waals surface area (Å²) < 4.78 is 10.6. The Morgan fingerprint density at radius 3 is 2.67 bits per heavy atom. The van der Waals surface area contributed by atoms with Crippen LogP contribution in [0.3, 0.4) is 0 Å². The van der Waals surface area contributed by atoms with Gasteiger partial charge in [0.2, 0.25) is 0 Å². The maximum absolute atomic E-state index is 5.33. The van der Waals surface area contributed by atoms with Crippen LogP contribution in [0, 0.1) is 0 Å². The summed E-state index contributed by atoms with van der Waals surface area (Å²) in [5, 5.41) is 3.51. The second-order valence-electron chi connectivity index (χ2n) is 4.71. The molecule has 1 unspecified atom stereocenters. The van der Waals surface area contributed by atoms with E-state index in [1.165, 1.54) is 12.8 Å². The predicted molar refractivity (Wildman–Crippen MR) is 73.8 cm³/mol. The van der Waals surface area contributed by atoms with Gasteiger partial charge in [0.15, 0.2) is 11.5 Å². The van der Waals surface area contributed by atoms with E-state index < -0.39 is 0 Å². The summed E-state index contributed by atoms with van der Waals surface area (Å²) in [6, 6.07) is 6.64. The van der Waals surface area contributed by atoms with Gasteiger partial charge in [-0.15, -0.1) is 0 Å². The van der Waals surface area contributed by atoms with Gasteiger partial charge in [-0.1, -0.05) is 0 Å². The zero-order chi connectivity index (χ0) is 13.0. The highest BCUT2D eigenvalue weighted by Gasteiger charge is 2.16. The van der Waals surface area contributed by atoms with E-state index in [9.17, 15) is 0 Å². The molecule has 100 valence electrons. The Bertz CT molecular complexity index is 389. The minimum absolute atomic E-state index is 0.600. The average molecular weight is 250 g/mol. The fourth-order valence-corrected chi connectivity index (χ4v) is 2.41. The minimum atomic E-state index is 0.600. The molecular weight excluding hydrogens is 228 g/mol. The molecule has 18 heavy (non-hydrogen) atoms. The van der Waals surface area contributed by atoms with Crippen LogP contribution in [0.1, 0.15) is 12.8 Å². The number of hydrogen-bond acceptors (Lipinski definition) is 4. The van der Waals surface area contributed by atoms with Gasteiger partial charge in [0.25, 0.3) is 0 Å². The molecule has 4 heteroatoms. The van der Waals surface area contributed by atoms with Gasteiger partial charge in [-0.25, -0.2) is 0 Å². The molecule has 0 radical (unpaired) electrons. The van der Waals surface area contributed by atoms with E-state index in [0.717, 1.165) is 30.3 Å². The first-order chi connectivity index (χ1) is 8.74. The Balaban J connectivity index is 2.06. The number of nitrogens with zero attached hydrogens (tertiary/aromatic N) is 1. The summed E-state index contributed by atoms with van der Waals surface area (Å²) in [6.45, 7) is 2.17. The van der Waals surface area contributed by atoms with Gasteiger partial charge in [-0.05, 0) is 31.5 Å². The van der Waals surface area contributed by atoms with Gasteiger partial charge in [0, 0.05) is 31.4 Å². The van der Waals surface area contributed by atoms with E-state index in [0.29, 0.717) is 6.04 Å². The number of nitrogens with one attached hydrogen (secondary N) is 1. The fraction of sp³-hybridized carbons (Fsp3) is 0.571. The molecule has 1 aliphatic heterocycles. The number of likely N-dealkylation sites (N-methyl/N-ethyl adjacent to an activating group) is 1. The van der Waals surface area contributed by atoms with Crippen molar-refractivity contribution in [1.29, 1.82) is 0 Å². The molecule has 1 atom stereocenters. The molecule has 1 saturated heterocycles. The molecule has 0 saturated carbocycles. The molecular formula is C14H22N2O2. The van der Waals surface area contributed by atoms with E-state index in [-0.39, 0.29) is 0 Å². The highest BCUT2D eigenvalue weighted by atomic mass is 16.5. The van der Waals surface area contributed by atoms with E-state index in [4.69, 9.17) is 9.47 Å². The second kappa shape index (κ2) is 5.96. The third-order valence-electron chi connectivity index (χ3n) is 3.46. The van der Waals surface area contributed by atoms with Crippen LogP contribution in [0.4, 0.5) is 5.69 Å². The van der Waals surface area contributed by atoms with Crippen LogP contribution in [-0.2, 0) is 0 Å². The SMILES string of the molecule is COc1ccc(N(C)CC2CCCN2)cc1OC. The maximum atomic E-state index is 5.33. The van der Waals surface area contributed by atoms with Crippen LogP contribution >= 0.6 is 0 Å². The van der Waals surface area contributed by atoms with E-state index in [2.05, 4.69) is 23.3 Å². The van der Waals surface area contributed by atoms with Crippen LogP contribution in [0.15, 0.2) is 18.2 Å². The first-order valence-corrected chi connectivity index (χ1v) is 6.41. The average Bonchev–Trinajstić information content (AvgIpc) is 2.90. The lowest BCUT2D eigenvalue weighted by Gasteiger charge is -2.24. The number of hydrogen-bond donors (Lipinski definition) is 1. The molecule has 0 amide bonds. The maximum Gasteiger partial charge on any atom is 0.162 e. The largest absolute Gasteiger partial charge is 0.493 e. The molecule has 0 spiro atoms. The van der Waals surface area contributed by atoms with Crippen molar-refractivity contribution < 1.29 is 9.47 Å². The summed E-state index contributed by atoms with van der Waals surface area (Å²) in [6.07, 6.45) is 2.54. The van der Waals surface area contributed by atoms with Gasteiger partial charge in [-0.2, -0.15) is 0 Å². The van der Waals surface area contributed by atoms with Gasteiger partial charge < -0.3 is 19.7 Å². The van der Waals surface area contributed by atoms with Crippen molar-refractivity contribution >= 4 is 5.69 Å². The van der Waals surface area contributed by atoms with Gasteiger partial charge in [-0.3, -0.25) is 0 Å². The number of anilines is 1. The molecule has 1 aromatic carbocycles. The zero-order valence-corrected chi connectivity index (χ0v) is 11.4. The molecule has 1 fully saturated rings. The summed E-state index contributed by atoms with van der Waals surface area (Å²) >= 11 is 0. The molecule has 1 N–H and O–H groups in total. The van der Waals surface area contributed by atoms with Crippen LogP contribution < -0.4 is 19.7 Å². The number of ether oxygens (including phenoxy) is 2. The molecule has 0 aliphatic carbocycles. The van der Waals surface area contributed by atoms with E-state index in [1.54, 1.807) is 14.2 Å². The fourth-order valence-electron chi connectivity index (χ4n) is 2.41. The predicted octanol–water partition coefficient (Wildman–Crippen LogP) is 1.89. The van der Waals surface area contributed by atoms with Crippen LogP contribution in [0.5, 0.6) is 11.5 Å². The molecule has 4 nitrogen and oxygen atoms in total. The smallest absolute Gasteiger partial charge is 0.162 e. The summed E-state index contributed by atoms with van der Waals surface area (Å²) in [7, 11) is 5.44. The summed E-state index contributed by atoms with van der Waals surface area (Å²) in [5.74, 6) is 1.55. The normalized spacial score (nSPS) is 18.7. The van der Waals surface area contributed by atoms with E-state index in [1.807, 2.05) is 12.1 Å². The summed E-state index contributed by atoms with van der Waals surface area (Å²) in [4.78, 5) is 2.25. The Morgan fingerprint density at radius 2 is 2.06 bits per heavy atom. The van der Waals surface area contributed by atoms with Crippen molar-refractivity contribution in [2.75, 3.05) is 39.3 Å². The van der Waals surface area contributed by atoms with Crippen molar-refractivity contribution in [3.63, 3.8) is 0 Å². The monoisotopic (exact) mass is 250 g/mol. The lowest BCUT2D eigenvalue weighted by Crippen LogP contribution is -2.35. The van der Waals surface area contributed by atoms with Crippen molar-refractivity contribution in [2.45, 2.75) is 18.9 Å². The van der Waals surface area contributed by atoms with Crippen LogP contribution in [0.2, 0.25) is 0 Å². The molecule has 1 aliphatic rings. The highest BCUT2D eigenvalue weighted by molar-refractivity contribution is 5.56. The van der Waals surface area contributed by atoms with Crippen molar-refractivity contribution in [2.24, 2.45) is 0 Å². The Labute approximate surface area is 109 Å². The van der Waals surface area contributed by atoms with E-state index >= 15 is 0 Å². The lowest BCUT2D eigenvalue weighted by atomic mass is 10.2. The number of rotatable bonds is 5. The molecule has 2 rings (SSSR count). The Morgan fingerprint density at radius 1 is 1.28 bits per heavy atom. The van der Waals surface area contributed by atoms with Crippen molar-refractivity contribution in [1.82, 2.24) is 5.32 Å². The Hall–Kier alpha value is -1.42. The van der Waals surface area contributed by atoms with Gasteiger partial charge >= 0.3 is 0 Å². The van der Waals surface area contributed by atoms with Crippen molar-refractivity contribution in [3.8, 4) is 11.5 Å². The highest BCUT2D eigenvalue weighted by Crippen LogP contribution is 2.31. The van der Waals surface area contributed by atoms with Gasteiger partial charge in [0.1, 0.15) is 0 Å². The zero-order valence-electron chi connectivity index (χ0n) is 11.4. The second-order valence-corrected chi connectivity index (χ2v) is 4.71. The molecule has 1 heterocycles. The number of benzene rings is 1. The third-order valence-corrected chi connectivity index (χ3v) is 3.46. The topological polar surface area (TPSA) is 33.7 Å². The first-order valence-electron chi connectivity index (χ1n) is 6.41. The molecule has 0 aromatic heterocycles.